The Hall–Kier alpha value is -0.0400. The van der Waals surface area contributed by atoms with Gasteiger partial charge in [0.25, 0.3) is 0 Å². The maximum absolute atomic E-state index is 4.01. The van der Waals surface area contributed by atoms with E-state index in [1.807, 2.05) is 0 Å². The molecule has 0 radical (unpaired) electrons. The van der Waals surface area contributed by atoms with Crippen LogP contribution in [0.4, 0.5) is 0 Å². The van der Waals surface area contributed by atoms with Gasteiger partial charge in [0.2, 0.25) is 0 Å². The second-order valence-electron chi connectivity index (χ2n) is 6.80. The second kappa shape index (κ2) is 4.33. The molecule has 3 unspecified atom stereocenters. The largest absolute Gasteiger partial charge is 0.311 e. The normalized spacial score (nSPS) is 42.2. The highest BCUT2D eigenvalue weighted by atomic mass is 15.0. The minimum absolute atomic E-state index is 0.754. The van der Waals surface area contributed by atoms with Gasteiger partial charge in [-0.15, -0.1) is 0 Å². The van der Waals surface area contributed by atoms with Gasteiger partial charge < -0.3 is 5.32 Å². The van der Waals surface area contributed by atoms with Crippen LogP contribution in [0.2, 0.25) is 0 Å². The third-order valence-electron chi connectivity index (χ3n) is 5.65. The van der Waals surface area contributed by atoms with Gasteiger partial charge in [-0.25, -0.2) is 0 Å². The van der Waals surface area contributed by atoms with Crippen LogP contribution in [0.1, 0.15) is 71.1 Å². The van der Waals surface area contributed by atoms with Crippen molar-refractivity contribution in [2.75, 3.05) is 0 Å². The number of hydrogen-bond donors (Lipinski definition) is 1. The van der Waals surface area contributed by atoms with Gasteiger partial charge in [0.1, 0.15) is 0 Å². The Kier molecular flexibility index (Phi) is 2.99. The van der Waals surface area contributed by atoms with Crippen LogP contribution in [0.25, 0.3) is 0 Å². The van der Waals surface area contributed by atoms with Gasteiger partial charge in [0, 0.05) is 12.1 Å². The highest BCUT2D eigenvalue weighted by Crippen LogP contribution is 2.52. The van der Waals surface area contributed by atoms with Crippen LogP contribution in [0.15, 0.2) is 0 Å². The van der Waals surface area contributed by atoms with Gasteiger partial charge in [0.05, 0.1) is 0 Å². The molecule has 3 saturated carbocycles. The molecule has 3 fully saturated rings. The van der Waals surface area contributed by atoms with E-state index in [1.54, 1.807) is 0 Å². The summed E-state index contributed by atoms with van der Waals surface area (Å²) in [6, 6.07) is 1.75. The van der Waals surface area contributed by atoms with Crippen LogP contribution in [-0.4, -0.2) is 12.1 Å². The zero-order chi connectivity index (χ0) is 11.0. The van der Waals surface area contributed by atoms with E-state index in [2.05, 4.69) is 12.2 Å². The Labute approximate surface area is 100 Å². The third-order valence-corrected chi connectivity index (χ3v) is 5.65. The van der Waals surface area contributed by atoms with Crippen molar-refractivity contribution in [2.24, 2.45) is 11.3 Å². The van der Waals surface area contributed by atoms with Crippen LogP contribution < -0.4 is 5.32 Å². The molecule has 92 valence electrons. The van der Waals surface area contributed by atoms with E-state index in [9.17, 15) is 0 Å². The van der Waals surface area contributed by atoms with Crippen LogP contribution in [-0.2, 0) is 0 Å². The minimum Gasteiger partial charge on any atom is -0.311 e. The monoisotopic (exact) mass is 221 g/mol. The second-order valence-corrected chi connectivity index (χ2v) is 6.80. The van der Waals surface area contributed by atoms with Crippen molar-refractivity contribution in [3.63, 3.8) is 0 Å². The molecule has 0 aromatic heterocycles. The minimum atomic E-state index is 0.754. The van der Waals surface area contributed by atoms with Gasteiger partial charge >= 0.3 is 0 Å². The zero-order valence-corrected chi connectivity index (χ0v) is 10.8. The fraction of sp³-hybridized carbons (Fsp3) is 1.00. The molecule has 0 bridgehead atoms. The van der Waals surface area contributed by atoms with Gasteiger partial charge in [-0.2, -0.15) is 0 Å². The van der Waals surface area contributed by atoms with Crippen LogP contribution >= 0.6 is 0 Å². The Balaban J connectivity index is 1.55. The Morgan fingerprint density at radius 2 is 1.75 bits per heavy atom. The maximum Gasteiger partial charge on any atom is 0.0126 e. The Morgan fingerprint density at radius 1 is 0.938 bits per heavy atom. The molecule has 1 spiro atoms. The molecule has 1 heteroatoms. The molecule has 0 aliphatic heterocycles. The Morgan fingerprint density at radius 3 is 2.31 bits per heavy atom. The van der Waals surface area contributed by atoms with Gasteiger partial charge in [-0.1, -0.05) is 26.2 Å². The first-order chi connectivity index (χ1) is 7.78. The molecular weight excluding hydrogens is 194 g/mol. The SMILES string of the molecule is CC1CCC(NC2CCC23CCCCC3)C1. The van der Waals surface area contributed by atoms with Crippen molar-refractivity contribution in [1.82, 2.24) is 5.32 Å². The first kappa shape index (κ1) is 11.1. The van der Waals surface area contributed by atoms with E-state index in [1.165, 1.54) is 64.2 Å². The molecule has 1 N–H and O–H groups in total. The summed E-state index contributed by atoms with van der Waals surface area (Å²) in [5, 5.41) is 4.01. The number of nitrogens with one attached hydrogen (secondary N) is 1. The molecule has 1 nitrogen and oxygen atoms in total. The molecule has 0 saturated heterocycles. The molecule has 3 rings (SSSR count). The van der Waals surface area contributed by atoms with Crippen molar-refractivity contribution in [3.05, 3.63) is 0 Å². The predicted molar refractivity (Wildman–Crippen MR) is 68.5 cm³/mol. The molecule has 3 aliphatic rings. The standard InChI is InChI=1S/C15H27N/c1-12-5-6-13(11-12)16-14-7-10-15(14)8-3-2-4-9-15/h12-14,16H,2-11H2,1H3. The van der Waals surface area contributed by atoms with Crippen molar-refractivity contribution in [2.45, 2.75) is 83.2 Å². The molecule has 16 heavy (non-hydrogen) atoms. The van der Waals surface area contributed by atoms with Gasteiger partial charge in [-0.3, -0.25) is 0 Å². The first-order valence-electron chi connectivity index (χ1n) is 7.55. The van der Waals surface area contributed by atoms with E-state index in [0.29, 0.717) is 0 Å². The lowest BCUT2D eigenvalue weighted by Crippen LogP contribution is -2.56. The highest BCUT2D eigenvalue weighted by molar-refractivity contribution is 5.03. The van der Waals surface area contributed by atoms with Crippen molar-refractivity contribution >= 4 is 0 Å². The summed E-state index contributed by atoms with van der Waals surface area (Å²) >= 11 is 0. The molecule has 3 atom stereocenters. The molecule has 3 aliphatic carbocycles. The lowest BCUT2D eigenvalue weighted by molar-refractivity contribution is 0.0166. The highest BCUT2D eigenvalue weighted by Gasteiger charge is 2.47. The Bertz CT molecular complexity index is 242. The van der Waals surface area contributed by atoms with E-state index in [0.717, 1.165) is 23.4 Å². The fourth-order valence-corrected chi connectivity index (χ4v) is 4.45. The fourth-order valence-electron chi connectivity index (χ4n) is 4.45. The van der Waals surface area contributed by atoms with E-state index < -0.39 is 0 Å². The quantitative estimate of drug-likeness (QED) is 0.746. The maximum atomic E-state index is 4.01. The topological polar surface area (TPSA) is 12.0 Å². The van der Waals surface area contributed by atoms with Crippen LogP contribution in [0, 0.1) is 11.3 Å². The summed E-state index contributed by atoms with van der Waals surface area (Å²) < 4.78 is 0. The molecular formula is C15H27N. The number of hydrogen-bond acceptors (Lipinski definition) is 1. The predicted octanol–water partition coefficient (Wildman–Crippen LogP) is 3.88. The summed E-state index contributed by atoms with van der Waals surface area (Å²) in [6.45, 7) is 2.42. The van der Waals surface area contributed by atoms with Gasteiger partial charge in [-0.05, 0) is 56.3 Å². The van der Waals surface area contributed by atoms with E-state index in [4.69, 9.17) is 0 Å². The van der Waals surface area contributed by atoms with Gasteiger partial charge in [0.15, 0.2) is 0 Å². The van der Waals surface area contributed by atoms with Crippen molar-refractivity contribution in [1.29, 1.82) is 0 Å². The van der Waals surface area contributed by atoms with E-state index >= 15 is 0 Å². The molecule has 0 aromatic rings. The summed E-state index contributed by atoms with van der Waals surface area (Å²) in [4.78, 5) is 0. The van der Waals surface area contributed by atoms with Crippen LogP contribution in [0.5, 0.6) is 0 Å². The van der Waals surface area contributed by atoms with Crippen molar-refractivity contribution < 1.29 is 0 Å². The third kappa shape index (κ3) is 1.92. The molecule has 0 amide bonds. The summed E-state index contributed by atoms with van der Waals surface area (Å²) in [6.07, 6.45) is 14.9. The summed E-state index contributed by atoms with van der Waals surface area (Å²) in [7, 11) is 0. The summed E-state index contributed by atoms with van der Waals surface area (Å²) in [5.41, 5.74) is 0.754. The molecule has 0 aromatic carbocycles. The lowest BCUT2D eigenvalue weighted by atomic mass is 9.57. The average Bonchev–Trinajstić information content (AvgIpc) is 2.72. The first-order valence-corrected chi connectivity index (χ1v) is 7.55. The summed E-state index contributed by atoms with van der Waals surface area (Å²) in [5.74, 6) is 0.972. The smallest absolute Gasteiger partial charge is 0.0126 e. The zero-order valence-electron chi connectivity index (χ0n) is 10.8. The number of rotatable bonds is 2. The molecule has 0 heterocycles. The lowest BCUT2D eigenvalue weighted by Gasteiger charge is -2.53. The van der Waals surface area contributed by atoms with Crippen molar-refractivity contribution in [3.8, 4) is 0 Å². The average molecular weight is 221 g/mol. The van der Waals surface area contributed by atoms with E-state index in [-0.39, 0.29) is 0 Å². The van der Waals surface area contributed by atoms with Crippen LogP contribution in [0.3, 0.4) is 0 Å².